The van der Waals surface area contributed by atoms with E-state index in [0.29, 0.717) is 6.54 Å². The number of carboxylic acids is 1. The Morgan fingerprint density at radius 3 is 2.71 bits per heavy atom. The normalized spacial score (nSPS) is 25.3. The van der Waals surface area contributed by atoms with Gasteiger partial charge in [0.25, 0.3) is 0 Å². The van der Waals surface area contributed by atoms with Crippen LogP contribution in [0.25, 0.3) is 0 Å². The van der Waals surface area contributed by atoms with Crippen LogP contribution < -0.4 is 5.32 Å². The number of aliphatic carboxylic acids is 1. The molecule has 1 saturated carbocycles. The Kier molecular flexibility index (Phi) is 2.65. The standard InChI is InChI=1S/C11H15N3O3/c1-11(2)7(8(11)10(16)17)9(15)13-4-6-3-12-5-14-6/h3,5,7-8H,4H2,1-2H3,(H,12,14)(H,13,15)(H,16,17). The molecule has 6 nitrogen and oxygen atoms in total. The van der Waals surface area contributed by atoms with E-state index >= 15 is 0 Å². The van der Waals surface area contributed by atoms with E-state index in [9.17, 15) is 9.59 Å². The molecule has 0 aromatic carbocycles. The largest absolute Gasteiger partial charge is 0.481 e. The van der Waals surface area contributed by atoms with Gasteiger partial charge in [-0.2, -0.15) is 0 Å². The van der Waals surface area contributed by atoms with Gasteiger partial charge < -0.3 is 15.4 Å². The molecule has 1 aromatic rings. The molecule has 2 unspecified atom stereocenters. The first-order chi connectivity index (χ1) is 7.94. The van der Waals surface area contributed by atoms with Gasteiger partial charge in [0.15, 0.2) is 0 Å². The van der Waals surface area contributed by atoms with Crippen molar-refractivity contribution in [2.75, 3.05) is 0 Å². The quantitative estimate of drug-likeness (QED) is 0.705. The summed E-state index contributed by atoms with van der Waals surface area (Å²) in [5.41, 5.74) is 0.341. The number of aromatic nitrogens is 2. The van der Waals surface area contributed by atoms with Crippen LogP contribution in [-0.4, -0.2) is 27.0 Å². The maximum absolute atomic E-state index is 11.8. The lowest BCUT2D eigenvalue weighted by atomic mass is 10.1. The highest BCUT2D eigenvalue weighted by atomic mass is 16.4. The number of hydrogen-bond acceptors (Lipinski definition) is 3. The van der Waals surface area contributed by atoms with Crippen LogP contribution in [0.1, 0.15) is 19.5 Å². The molecular weight excluding hydrogens is 222 g/mol. The second-order valence-corrected chi connectivity index (χ2v) is 4.91. The Morgan fingerprint density at radius 2 is 2.24 bits per heavy atom. The number of aromatic amines is 1. The summed E-state index contributed by atoms with van der Waals surface area (Å²) in [7, 11) is 0. The Hall–Kier alpha value is -1.85. The molecule has 0 radical (unpaired) electrons. The molecular formula is C11H15N3O3. The minimum Gasteiger partial charge on any atom is -0.481 e. The van der Waals surface area contributed by atoms with E-state index < -0.39 is 23.2 Å². The van der Waals surface area contributed by atoms with Crippen molar-refractivity contribution in [3.05, 3.63) is 18.2 Å². The van der Waals surface area contributed by atoms with Gasteiger partial charge in [-0.3, -0.25) is 9.59 Å². The number of carbonyl (C=O) groups is 2. The van der Waals surface area contributed by atoms with Crippen LogP contribution in [-0.2, 0) is 16.1 Å². The summed E-state index contributed by atoms with van der Waals surface area (Å²) in [6.07, 6.45) is 3.15. The van der Waals surface area contributed by atoms with Crippen LogP contribution in [0, 0.1) is 17.3 Å². The van der Waals surface area contributed by atoms with Crippen molar-refractivity contribution in [2.24, 2.45) is 17.3 Å². The molecule has 1 aliphatic rings. The Bertz CT molecular complexity index is 439. The summed E-state index contributed by atoms with van der Waals surface area (Å²) in [4.78, 5) is 29.4. The number of nitrogens with zero attached hydrogens (tertiary/aromatic N) is 1. The predicted molar refractivity (Wildman–Crippen MR) is 58.8 cm³/mol. The third-order valence-electron chi connectivity index (χ3n) is 3.38. The van der Waals surface area contributed by atoms with E-state index in [4.69, 9.17) is 5.11 Å². The molecule has 0 aliphatic heterocycles. The number of rotatable bonds is 4. The van der Waals surface area contributed by atoms with Gasteiger partial charge in [0.05, 0.1) is 30.4 Å². The average Bonchev–Trinajstić information content (AvgIpc) is 2.65. The van der Waals surface area contributed by atoms with Gasteiger partial charge >= 0.3 is 5.97 Å². The van der Waals surface area contributed by atoms with Gasteiger partial charge in [-0.25, -0.2) is 4.98 Å². The smallest absolute Gasteiger partial charge is 0.307 e. The number of hydrogen-bond donors (Lipinski definition) is 3. The van der Waals surface area contributed by atoms with Crippen LogP contribution in [0.3, 0.4) is 0 Å². The van der Waals surface area contributed by atoms with E-state index in [0.717, 1.165) is 5.69 Å². The predicted octanol–water partition coefficient (Wildman–Crippen LogP) is 0.383. The van der Waals surface area contributed by atoms with Gasteiger partial charge in [-0.1, -0.05) is 13.8 Å². The summed E-state index contributed by atoms with van der Waals surface area (Å²) < 4.78 is 0. The summed E-state index contributed by atoms with van der Waals surface area (Å²) in [5.74, 6) is -2.14. The van der Waals surface area contributed by atoms with Gasteiger partial charge in [0.1, 0.15) is 0 Å². The van der Waals surface area contributed by atoms with Crippen molar-refractivity contribution in [1.29, 1.82) is 0 Å². The molecule has 1 aliphatic carbocycles. The summed E-state index contributed by atoms with van der Waals surface area (Å²) in [6.45, 7) is 3.94. The van der Waals surface area contributed by atoms with Crippen molar-refractivity contribution < 1.29 is 14.7 Å². The molecule has 1 fully saturated rings. The van der Waals surface area contributed by atoms with Gasteiger partial charge in [0, 0.05) is 6.20 Å². The van der Waals surface area contributed by atoms with E-state index in [1.807, 2.05) is 0 Å². The Labute approximate surface area is 98.4 Å². The first-order valence-electron chi connectivity index (χ1n) is 5.42. The molecule has 0 saturated heterocycles. The molecule has 6 heteroatoms. The molecule has 1 amide bonds. The molecule has 17 heavy (non-hydrogen) atoms. The minimum atomic E-state index is -0.906. The van der Waals surface area contributed by atoms with Crippen molar-refractivity contribution in [2.45, 2.75) is 20.4 Å². The summed E-state index contributed by atoms with van der Waals surface area (Å²) >= 11 is 0. The zero-order valence-corrected chi connectivity index (χ0v) is 9.73. The lowest BCUT2D eigenvalue weighted by molar-refractivity contribution is -0.140. The number of carboxylic acid groups (broad SMARTS) is 1. The fraction of sp³-hybridized carbons (Fsp3) is 0.545. The van der Waals surface area contributed by atoms with E-state index in [2.05, 4.69) is 15.3 Å². The first kappa shape index (κ1) is 11.6. The average molecular weight is 237 g/mol. The van der Waals surface area contributed by atoms with Crippen LogP contribution in [0.2, 0.25) is 0 Å². The van der Waals surface area contributed by atoms with E-state index in [1.54, 1.807) is 20.0 Å². The topological polar surface area (TPSA) is 95.1 Å². The van der Waals surface area contributed by atoms with Crippen LogP contribution in [0.4, 0.5) is 0 Å². The van der Waals surface area contributed by atoms with Crippen LogP contribution in [0.5, 0.6) is 0 Å². The number of imidazole rings is 1. The highest BCUT2D eigenvalue weighted by Crippen LogP contribution is 2.58. The van der Waals surface area contributed by atoms with Crippen LogP contribution >= 0.6 is 0 Å². The summed E-state index contributed by atoms with van der Waals surface area (Å²) in [5, 5.41) is 11.7. The molecule has 1 aromatic heterocycles. The first-order valence-corrected chi connectivity index (χ1v) is 5.42. The second kappa shape index (κ2) is 3.87. The van der Waals surface area contributed by atoms with Crippen molar-refractivity contribution in [3.63, 3.8) is 0 Å². The molecule has 2 rings (SSSR count). The lowest BCUT2D eigenvalue weighted by Crippen LogP contribution is -2.26. The Morgan fingerprint density at radius 1 is 1.53 bits per heavy atom. The number of H-pyrrole nitrogens is 1. The van der Waals surface area contributed by atoms with E-state index in [-0.39, 0.29) is 5.91 Å². The third-order valence-corrected chi connectivity index (χ3v) is 3.38. The SMILES string of the molecule is CC1(C)C(C(=O)O)C1C(=O)NCc1cnc[nH]1. The fourth-order valence-electron chi connectivity index (χ4n) is 2.26. The Balaban J connectivity index is 1.92. The van der Waals surface area contributed by atoms with Crippen molar-refractivity contribution >= 4 is 11.9 Å². The lowest BCUT2D eigenvalue weighted by Gasteiger charge is -2.04. The monoisotopic (exact) mass is 237 g/mol. The minimum absolute atomic E-state index is 0.211. The molecule has 0 bridgehead atoms. The number of nitrogens with one attached hydrogen (secondary N) is 2. The molecule has 3 N–H and O–H groups in total. The maximum atomic E-state index is 11.8. The molecule has 2 atom stereocenters. The van der Waals surface area contributed by atoms with Crippen molar-refractivity contribution in [1.82, 2.24) is 15.3 Å². The molecule has 1 heterocycles. The zero-order valence-electron chi connectivity index (χ0n) is 9.73. The number of carbonyl (C=O) groups excluding carboxylic acids is 1. The van der Waals surface area contributed by atoms with Crippen molar-refractivity contribution in [3.8, 4) is 0 Å². The zero-order chi connectivity index (χ0) is 12.6. The van der Waals surface area contributed by atoms with Gasteiger partial charge in [0.2, 0.25) is 5.91 Å². The second-order valence-electron chi connectivity index (χ2n) is 4.91. The summed E-state index contributed by atoms with van der Waals surface area (Å²) in [6, 6.07) is 0. The van der Waals surface area contributed by atoms with Crippen LogP contribution in [0.15, 0.2) is 12.5 Å². The highest BCUT2D eigenvalue weighted by Gasteiger charge is 2.65. The third kappa shape index (κ3) is 2.02. The highest BCUT2D eigenvalue weighted by molar-refractivity contribution is 5.91. The molecule has 92 valence electrons. The van der Waals surface area contributed by atoms with Gasteiger partial charge in [-0.15, -0.1) is 0 Å². The number of amides is 1. The van der Waals surface area contributed by atoms with Gasteiger partial charge in [-0.05, 0) is 5.41 Å². The van der Waals surface area contributed by atoms with E-state index in [1.165, 1.54) is 6.33 Å². The fourth-order valence-corrected chi connectivity index (χ4v) is 2.26. The molecule has 0 spiro atoms. The maximum Gasteiger partial charge on any atom is 0.307 e.